The third-order valence-corrected chi connectivity index (χ3v) is 4.78. The van der Waals surface area contributed by atoms with Crippen LogP contribution in [0.4, 0.5) is 4.79 Å². The third-order valence-electron chi connectivity index (χ3n) is 4.78. The maximum atomic E-state index is 12.7. The number of amides is 3. The van der Waals surface area contributed by atoms with E-state index >= 15 is 0 Å². The topological polar surface area (TPSA) is 139 Å². The number of aliphatic hydroxyl groups is 1. The van der Waals surface area contributed by atoms with Crippen LogP contribution in [0.1, 0.15) is 19.4 Å². The number of benzene rings is 2. The quantitative estimate of drug-likeness (QED) is 0.281. The fourth-order valence-electron chi connectivity index (χ4n) is 3.20. The molecule has 0 saturated carbocycles. The molecular formula is C23H29N3O6. The molecule has 9 nitrogen and oxygen atoms in total. The summed E-state index contributed by atoms with van der Waals surface area (Å²) in [5.74, 6) is -2.26. The maximum absolute atomic E-state index is 12.7. The van der Waals surface area contributed by atoms with Gasteiger partial charge < -0.3 is 20.4 Å². The number of carboxylic acids is 1. The summed E-state index contributed by atoms with van der Waals surface area (Å²) in [6, 6.07) is 15.4. The van der Waals surface area contributed by atoms with Crippen LogP contribution in [0.3, 0.4) is 0 Å². The van der Waals surface area contributed by atoms with Crippen LogP contribution in [-0.2, 0) is 16.0 Å². The van der Waals surface area contributed by atoms with Crippen LogP contribution < -0.4 is 10.8 Å². The van der Waals surface area contributed by atoms with Gasteiger partial charge >= 0.3 is 12.0 Å². The average Bonchev–Trinajstić information content (AvgIpc) is 2.78. The van der Waals surface area contributed by atoms with Crippen molar-refractivity contribution in [2.45, 2.75) is 32.4 Å². The van der Waals surface area contributed by atoms with Crippen LogP contribution in [0, 0.1) is 5.92 Å². The predicted molar refractivity (Wildman–Crippen MR) is 118 cm³/mol. The first kappa shape index (κ1) is 24.8. The summed E-state index contributed by atoms with van der Waals surface area (Å²) in [5.41, 5.74) is 4.33. The molecule has 172 valence electrons. The second kappa shape index (κ2) is 11.8. The zero-order chi connectivity index (χ0) is 23.7. The molecule has 0 heterocycles. The molecule has 2 atom stereocenters. The Kier molecular flexibility index (Phi) is 9.18. The summed E-state index contributed by atoms with van der Waals surface area (Å²) in [6.07, 6.45) is -1.65. The van der Waals surface area contributed by atoms with E-state index in [2.05, 4.69) is 5.32 Å². The Morgan fingerprint density at radius 1 is 0.938 bits per heavy atom. The van der Waals surface area contributed by atoms with E-state index in [1.165, 1.54) is 0 Å². The van der Waals surface area contributed by atoms with Gasteiger partial charge in [-0.1, -0.05) is 68.4 Å². The van der Waals surface area contributed by atoms with Gasteiger partial charge in [-0.05, 0) is 22.6 Å². The van der Waals surface area contributed by atoms with E-state index < -0.39 is 36.6 Å². The summed E-state index contributed by atoms with van der Waals surface area (Å²) in [5, 5.41) is 30.2. The summed E-state index contributed by atoms with van der Waals surface area (Å²) >= 11 is 0. The molecule has 0 spiro atoms. The van der Waals surface area contributed by atoms with Crippen LogP contribution in [0.25, 0.3) is 11.1 Å². The van der Waals surface area contributed by atoms with Gasteiger partial charge in [0.25, 0.3) is 5.91 Å². The van der Waals surface area contributed by atoms with E-state index in [1.54, 1.807) is 5.48 Å². The molecule has 3 amide bonds. The molecule has 0 aliphatic rings. The van der Waals surface area contributed by atoms with Crippen molar-refractivity contribution in [1.29, 1.82) is 0 Å². The zero-order valence-electron chi connectivity index (χ0n) is 18.1. The molecule has 5 N–H and O–H groups in total. The number of aliphatic hydroxyl groups excluding tert-OH is 1. The van der Waals surface area contributed by atoms with E-state index in [1.807, 2.05) is 68.4 Å². The largest absolute Gasteiger partial charge is 0.479 e. The number of nitrogens with zero attached hydrogens (tertiary/aromatic N) is 1. The van der Waals surface area contributed by atoms with E-state index in [4.69, 9.17) is 10.3 Å². The number of hydroxylamine groups is 1. The normalized spacial score (nSPS) is 12.7. The lowest BCUT2D eigenvalue weighted by Crippen LogP contribution is -2.54. The molecule has 0 fully saturated rings. The van der Waals surface area contributed by atoms with Crippen LogP contribution in [0.15, 0.2) is 54.6 Å². The van der Waals surface area contributed by atoms with Crippen molar-refractivity contribution in [2.24, 2.45) is 5.92 Å². The zero-order valence-corrected chi connectivity index (χ0v) is 18.1. The maximum Gasteiger partial charge on any atom is 0.334 e. The van der Waals surface area contributed by atoms with Crippen LogP contribution in [0.2, 0.25) is 0 Å². The van der Waals surface area contributed by atoms with Gasteiger partial charge in [-0.2, -0.15) is 0 Å². The van der Waals surface area contributed by atoms with Crippen molar-refractivity contribution in [3.63, 3.8) is 0 Å². The highest BCUT2D eigenvalue weighted by molar-refractivity contribution is 5.87. The molecule has 0 bridgehead atoms. The molecular weight excluding hydrogens is 414 g/mol. The number of carbonyl (C=O) groups excluding carboxylic acids is 2. The summed E-state index contributed by atoms with van der Waals surface area (Å²) in [7, 11) is 0. The molecule has 0 aromatic heterocycles. The van der Waals surface area contributed by atoms with E-state index in [0.29, 0.717) is 0 Å². The van der Waals surface area contributed by atoms with E-state index in [9.17, 15) is 19.5 Å². The third kappa shape index (κ3) is 7.36. The first-order valence-corrected chi connectivity index (χ1v) is 10.3. The Balaban J connectivity index is 2.13. The van der Waals surface area contributed by atoms with Gasteiger partial charge in [-0.3, -0.25) is 10.0 Å². The highest BCUT2D eigenvalue weighted by Crippen LogP contribution is 2.19. The van der Waals surface area contributed by atoms with Crippen LogP contribution in [-0.4, -0.2) is 63.5 Å². The second-order valence-electron chi connectivity index (χ2n) is 7.90. The van der Waals surface area contributed by atoms with E-state index in [-0.39, 0.29) is 18.9 Å². The monoisotopic (exact) mass is 443 g/mol. The van der Waals surface area contributed by atoms with Gasteiger partial charge in [0.15, 0.2) is 6.10 Å². The van der Waals surface area contributed by atoms with Gasteiger partial charge in [0, 0.05) is 13.0 Å². The van der Waals surface area contributed by atoms with Gasteiger partial charge in [0.05, 0.1) is 6.54 Å². The molecule has 9 heteroatoms. The predicted octanol–water partition coefficient (Wildman–Crippen LogP) is 1.88. The van der Waals surface area contributed by atoms with Gasteiger partial charge in [0.2, 0.25) is 0 Å². The minimum absolute atomic E-state index is 0.00241. The Morgan fingerprint density at radius 3 is 2.06 bits per heavy atom. The number of rotatable bonds is 10. The summed E-state index contributed by atoms with van der Waals surface area (Å²) in [6.45, 7) is 3.41. The van der Waals surface area contributed by atoms with Crippen molar-refractivity contribution in [2.75, 3.05) is 13.1 Å². The molecule has 2 rings (SSSR count). The molecule has 1 unspecified atom stereocenters. The smallest absolute Gasteiger partial charge is 0.334 e. The van der Waals surface area contributed by atoms with E-state index in [0.717, 1.165) is 21.6 Å². The van der Waals surface area contributed by atoms with Crippen molar-refractivity contribution in [1.82, 2.24) is 15.7 Å². The molecule has 32 heavy (non-hydrogen) atoms. The number of nitrogens with one attached hydrogen (secondary N) is 2. The fraction of sp³-hybridized carbons (Fsp3) is 0.348. The Hall–Kier alpha value is -3.43. The highest BCUT2D eigenvalue weighted by Gasteiger charge is 2.27. The van der Waals surface area contributed by atoms with Crippen LogP contribution in [0.5, 0.6) is 0 Å². The number of hydrogen-bond acceptors (Lipinski definition) is 5. The lowest BCUT2D eigenvalue weighted by Gasteiger charge is -2.28. The molecule has 0 aliphatic carbocycles. The Bertz CT molecular complexity index is 902. The van der Waals surface area contributed by atoms with Crippen molar-refractivity contribution in [3.05, 3.63) is 60.2 Å². The van der Waals surface area contributed by atoms with Crippen LogP contribution >= 0.6 is 0 Å². The number of aliphatic carboxylic acids is 1. The second-order valence-corrected chi connectivity index (χ2v) is 7.90. The number of carbonyl (C=O) groups is 3. The highest BCUT2D eigenvalue weighted by atomic mass is 16.5. The molecule has 0 aliphatic heterocycles. The first-order valence-electron chi connectivity index (χ1n) is 10.3. The Morgan fingerprint density at radius 2 is 1.53 bits per heavy atom. The first-order chi connectivity index (χ1) is 15.2. The lowest BCUT2D eigenvalue weighted by atomic mass is 10.0. The van der Waals surface area contributed by atoms with Crippen molar-refractivity contribution < 1.29 is 29.8 Å². The summed E-state index contributed by atoms with van der Waals surface area (Å²) in [4.78, 5) is 37.0. The van der Waals surface area contributed by atoms with Gasteiger partial charge in [-0.15, -0.1) is 0 Å². The lowest BCUT2D eigenvalue weighted by molar-refractivity contribution is -0.147. The summed E-state index contributed by atoms with van der Waals surface area (Å²) < 4.78 is 0. The average molecular weight is 444 g/mol. The van der Waals surface area contributed by atoms with Gasteiger partial charge in [-0.25, -0.2) is 15.1 Å². The standard InChI is InChI=1S/C23H29N3O6/c1-15(2)13-26(14-20(27)22(29)30)23(31)24-19(21(28)25-32)12-16-8-10-18(11-9-16)17-6-4-3-5-7-17/h3-11,15,19-20,27,32H,12-14H2,1-2H3,(H,24,31)(H,25,28)(H,29,30)/t19-,20?/m0/s1. The minimum atomic E-state index is -1.75. The number of urea groups is 1. The SMILES string of the molecule is CC(C)CN(CC(O)C(=O)O)C(=O)N[C@@H](Cc1ccc(-c2ccccc2)cc1)C(=O)NO. The number of hydrogen-bond donors (Lipinski definition) is 5. The Labute approximate surface area is 186 Å². The van der Waals surface area contributed by atoms with Crippen molar-refractivity contribution in [3.8, 4) is 11.1 Å². The molecule has 0 radical (unpaired) electrons. The number of carboxylic acid groups (broad SMARTS) is 1. The van der Waals surface area contributed by atoms with Crippen molar-refractivity contribution >= 4 is 17.9 Å². The minimum Gasteiger partial charge on any atom is -0.479 e. The molecule has 2 aromatic carbocycles. The fourth-order valence-corrected chi connectivity index (χ4v) is 3.20. The molecule has 2 aromatic rings. The van der Waals surface area contributed by atoms with Gasteiger partial charge in [0.1, 0.15) is 6.04 Å². The molecule has 0 saturated heterocycles.